The van der Waals surface area contributed by atoms with E-state index in [1.807, 2.05) is 22.6 Å². The third-order valence-corrected chi connectivity index (χ3v) is 8.26. The molecule has 0 fully saturated rings. The predicted molar refractivity (Wildman–Crippen MR) is 229 cm³/mol. The van der Waals surface area contributed by atoms with Gasteiger partial charge in [0, 0.05) is 61.3 Å². The minimum atomic E-state index is -1.09. The number of pyridine rings is 5. The van der Waals surface area contributed by atoms with E-state index in [2.05, 4.69) is 49.4 Å². The number of hydrogen-bond acceptors (Lipinski definition) is 25. The third kappa shape index (κ3) is 14.4. The Labute approximate surface area is 381 Å². The van der Waals surface area contributed by atoms with Crippen LogP contribution in [0.4, 0.5) is 0 Å². The van der Waals surface area contributed by atoms with Crippen molar-refractivity contribution in [1.29, 1.82) is 0 Å². The Bertz CT molecular complexity index is 2570. The van der Waals surface area contributed by atoms with Crippen molar-refractivity contribution in [1.82, 2.24) is 30.1 Å². The Morgan fingerprint density at radius 3 is 1.52 bits per heavy atom. The maximum atomic E-state index is 11.3. The molecule has 0 aliphatic carbocycles. The van der Waals surface area contributed by atoms with Crippen molar-refractivity contribution in [3.63, 3.8) is 0 Å². The average Bonchev–Trinajstić information content (AvgIpc) is 3.78. The summed E-state index contributed by atoms with van der Waals surface area (Å²) in [6.45, 7) is 0. The van der Waals surface area contributed by atoms with Crippen LogP contribution in [0.2, 0.25) is 0 Å². The zero-order valence-electron chi connectivity index (χ0n) is 35.4. The molecule has 25 nitrogen and oxygen atoms in total. The van der Waals surface area contributed by atoms with Crippen molar-refractivity contribution in [2.24, 2.45) is 5.16 Å². The van der Waals surface area contributed by atoms with Gasteiger partial charge >= 0.3 is 17.9 Å². The molecule has 346 valence electrons. The lowest BCUT2D eigenvalue weighted by Crippen LogP contribution is -2.18. The van der Waals surface area contributed by atoms with Crippen LogP contribution < -0.4 is 23.7 Å². The van der Waals surface area contributed by atoms with Crippen molar-refractivity contribution in [2.75, 3.05) is 56.9 Å². The summed E-state index contributed by atoms with van der Waals surface area (Å²) < 4.78 is 42.8. The summed E-state index contributed by atoms with van der Waals surface area (Å²) in [5, 5.41) is 52.2. The molecule has 6 aromatic heterocycles. The fraction of sp³-hybridized carbons (Fsp3) is 0.205. The number of oxime groups is 1. The maximum Gasteiger partial charge on any atom is 0.381 e. The Morgan fingerprint density at radius 2 is 1.05 bits per heavy atom. The smallest absolute Gasteiger partial charge is 0.381 e. The number of fused-ring (bicyclic) bond motifs is 1. The standard InChI is InChI=1S/C9H10N2O5.C9H8N2O4.C9H9NO5.C6H6INO2.C6H7NO2/c1-15-5-3-4-10-6(8(5)12)7(11-14)9(13)16-2;1-13-5-3-4-10-6-7(9(12)14-2)11-15-8(5)6;1-14-5-3-4-10-6(7(5)11)8(12)9(13)15-2;1-10-4-2-3-8-6(7)5(4)9;1-9-6-2-3-7-4-5(6)8/h3-4,12,14H,1-2H3;3-4H,1-2H3;3-4,11H,1-2H3;2-3,9H,1H3;2-4,8H,1H3/b11-7-;;;;. The molecule has 0 aliphatic rings. The van der Waals surface area contributed by atoms with Crippen LogP contribution in [0.5, 0.6) is 51.7 Å². The molecular formula is C39H40IN7O18. The molecule has 6 heterocycles. The highest BCUT2D eigenvalue weighted by Gasteiger charge is 2.25. The van der Waals surface area contributed by atoms with E-state index in [0.717, 1.165) is 14.2 Å². The lowest BCUT2D eigenvalue weighted by Gasteiger charge is -2.07. The highest BCUT2D eigenvalue weighted by Crippen LogP contribution is 2.30. The van der Waals surface area contributed by atoms with E-state index in [9.17, 15) is 34.5 Å². The van der Waals surface area contributed by atoms with Gasteiger partial charge in [-0.15, -0.1) is 0 Å². The number of halogens is 1. The monoisotopic (exact) mass is 1020 g/mol. The van der Waals surface area contributed by atoms with Gasteiger partial charge < -0.3 is 68.1 Å². The largest absolute Gasteiger partial charge is 0.503 e. The molecule has 0 radical (unpaired) electrons. The molecule has 26 heteroatoms. The maximum absolute atomic E-state index is 11.3. The third-order valence-electron chi connectivity index (χ3n) is 7.47. The van der Waals surface area contributed by atoms with E-state index < -0.39 is 40.9 Å². The van der Waals surface area contributed by atoms with Gasteiger partial charge in [0.05, 0.1) is 63.1 Å². The number of methoxy groups -OCH3 is 8. The van der Waals surface area contributed by atoms with Gasteiger partial charge in [-0.3, -0.25) is 9.78 Å². The first kappa shape index (κ1) is 52.8. The lowest BCUT2D eigenvalue weighted by atomic mass is 10.2. The molecule has 5 N–H and O–H groups in total. The first-order valence-corrected chi connectivity index (χ1v) is 18.5. The lowest BCUT2D eigenvalue weighted by molar-refractivity contribution is -0.135. The zero-order valence-corrected chi connectivity index (χ0v) is 37.6. The van der Waals surface area contributed by atoms with E-state index in [-0.39, 0.29) is 40.1 Å². The zero-order chi connectivity index (χ0) is 48.6. The molecule has 0 saturated carbocycles. The second kappa shape index (κ2) is 26.9. The Kier molecular flexibility index (Phi) is 21.9. The number of nitrogens with zero attached hydrogens (tertiary/aromatic N) is 7. The Morgan fingerprint density at radius 1 is 0.569 bits per heavy atom. The predicted octanol–water partition coefficient (Wildman–Crippen LogP) is 3.51. The summed E-state index contributed by atoms with van der Waals surface area (Å²) in [5.41, 5.74) is -0.387. The van der Waals surface area contributed by atoms with Gasteiger partial charge in [-0.2, -0.15) is 0 Å². The molecule has 0 spiro atoms. The summed E-state index contributed by atoms with van der Waals surface area (Å²) in [5.74, 6) is -2.77. The van der Waals surface area contributed by atoms with Crippen LogP contribution >= 0.6 is 22.6 Å². The van der Waals surface area contributed by atoms with E-state index in [1.54, 1.807) is 30.6 Å². The molecule has 0 aromatic carbocycles. The molecule has 0 unspecified atom stereocenters. The fourth-order valence-corrected chi connectivity index (χ4v) is 4.78. The molecule has 0 amide bonds. The van der Waals surface area contributed by atoms with Gasteiger partial charge in [-0.25, -0.2) is 34.3 Å². The van der Waals surface area contributed by atoms with Crippen LogP contribution in [0.25, 0.3) is 11.1 Å². The highest BCUT2D eigenvalue weighted by molar-refractivity contribution is 14.1. The van der Waals surface area contributed by atoms with Gasteiger partial charge in [0.25, 0.3) is 5.78 Å². The molecule has 6 aromatic rings. The van der Waals surface area contributed by atoms with E-state index >= 15 is 0 Å². The van der Waals surface area contributed by atoms with Crippen molar-refractivity contribution in [3.8, 4) is 51.7 Å². The molecular weight excluding hydrogens is 981 g/mol. The summed E-state index contributed by atoms with van der Waals surface area (Å²) in [6.07, 6.45) is 8.51. The SMILES string of the molecule is COC(=O)/C(=N\O)c1nccc(OC)c1O.COC(=O)C(=O)c1nccc(OC)c1O.COC(=O)c1noc2c(OC)ccnc12.COc1ccnc(I)c1O.COc1ccncc1O. The summed E-state index contributed by atoms with van der Waals surface area (Å²) in [6, 6.07) is 7.58. The second-order valence-electron chi connectivity index (χ2n) is 11.1. The topological polar surface area (TPSA) is 346 Å². The first-order chi connectivity index (χ1) is 31.1. The van der Waals surface area contributed by atoms with Crippen LogP contribution in [-0.2, 0) is 23.8 Å². The normalized spacial score (nSPS) is 9.95. The van der Waals surface area contributed by atoms with Crippen LogP contribution in [-0.4, -0.2) is 142 Å². The number of carbonyl (C=O) groups excluding carboxylic acids is 4. The average molecular weight is 1020 g/mol. The minimum absolute atomic E-state index is 0.0476. The van der Waals surface area contributed by atoms with E-state index in [1.165, 1.54) is 79.6 Å². The van der Waals surface area contributed by atoms with Crippen molar-refractivity contribution >= 4 is 63.1 Å². The summed E-state index contributed by atoms with van der Waals surface area (Å²) in [7, 11) is 10.6. The fourth-order valence-electron chi connectivity index (χ4n) is 4.35. The number of rotatable bonds is 10. The molecule has 0 atom stereocenters. The number of aromatic nitrogens is 6. The number of hydrogen-bond donors (Lipinski definition) is 5. The Hall–Kier alpha value is -8.30. The van der Waals surface area contributed by atoms with Gasteiger partial charge in [0.1, 0.15) is 14.9 Å². The van der Waals surface area contributed by atoms with Crippen molar-refractivity contribution in [2.45, 2.75) is 0 Å². The van der Waals surface area contributed by atoms with Crippen molar-refractivity contribution < 1.29 is 87.2 Å². The minimum Gasteiger partial charge on any atom is -0.503 e. The molecule has 65 heavy (non-hydrogen) atoms. The van der Waals surface area contributed by atoms with Gasteiger partial charge in [-0.05, 0) is 22.6 Å². The number of aromatic hydroxyl groups is 4. The van der Waals surface area contributed by atoms with E-state index in [4.69, 9.17) is 38.5 Å². The molecule has 0 bridgehead atoms. The van der Waals surface area contributed by atoms with Crippen LogP contribution in [0, 0.1) is 3.70 Å². The number of carbonyl (C=O) groups is 4. The van der Waals surface area contributed by atoms with Crippen LogP contribution in [0.15, 0.2) is 77.2 Å². The summed E-state index contributed by atoms with van der Waals surface area (Å²) >= 11 is 1.93. The first-order valence-electron chi connectivity index (χ1n) is 17.4. The second-order valence-corrected chi connectivity index (χ2v) is 12.1. The number of Topliss-reactive ketones (excluding diaryl/α,β-unsaturated/α-hetero) is 1. The van der Waals surface area contributed by atoms with Crippen LogP contribution in [0.1, 0.15) is 26.7 Å². The van der Waals surface area contributed by atoms with Gasteiger partial charge in [0.2, 0.25) is 17.0 Å². The van der Waals surface area contributed by atoms with E-state index in [0.29, 0.717) is 32.0 Å². The number of ether oxygens (including phenoxy) is 8. The van der Waals surface area contributed by atoms with Gasteiger partial charge in [-0.1, -0.05) is 10.3 Å². The summed E-state index contributed by atoms with van der Waals surface area (Å²) in [4.78, 5) is 63.4. The van der Waals surface area contributed by atoms with Crippen molar-refractivity contribution in [3.05, 3.63) is 88.3 Å². The number of ketones is 1. The quantitative estimate of drug-likeness (QED) is 0.0151. The highest BCUT2D eigenvalue weighted by atomic mass is 127. The number of esters is 3. The molecule has 0 saturated heterocycles. The molecule has 6 rings (SSSR count). The Balaban J connectivity index is 0.000000284. The van der Waals surface area contributed by atoms with Gasteiger partial charge in [0.15, 0.2) is 57.4 Å². The molecule has 0 aliphatic heterocycles. The van der Waals surface area contributed by atoms with Crippen LogP contribution in [0.3, 0.4) is 0 Å².